The fourth-order valence-electron chi connectivity index (χ4n) is 4.07. The minimum absolute atomic E-state index is 0.383. The van der Waals surface area contributed by atoms with Crippen molar-refractivity contribution >= 4 is 0 Å². The Kier molecular flexibility index (Phi) is 4.01. The van der Waals surface area contributed by atoms with Crippen molar-refractivity contribution in [2.75, 3.05) is 6.54 Å². The number of hydrogen-bond acceptors (Lipinski definition) is 3. The average Bonchev–Trinajstić information content (AvgIpc) is 3.08. The summed E-state index contributed by atoms with van der Waals surface area (Å²) in [4.78, 5) is 0. The molecule has 1 aromatic heterocycles. The molecule has 1 aromatic rings. The first kappa shape index (κ1) is 13.9. The van der Waals surface area contributed by atoms with E-state index in [1.807, 2.05) is 17.1 Å². The largest absolute Gasteiger partial charge is 0.486 e. The van der Waals surface area contributed by atoms with Crippen molar-refractivity contribution in [2.45, 2.75) is 71.1 Å². The van der Waals surface area contributed by atoms with Crippen molar-refractivity contribution in [1.82, 2.24) is 15.1 Å². The lowest BCUT2D eigenvalue weighted by Gasteiger charge is -2.53. The van der Waals surface area contributed by atoms with Gasteiger partial charge in [0.15, 0.2) is 5.75 Å². The Bertz CT molecular complexity index is 437. The van der Waals surface area contributed by atoms with E-state index in [9.17, 15) is 0 Å². The van der Waals surface area contributed by atoms with Crippen LogP contribution in [0.4, 0.5) is 0 Å². The maximum atomic E-state index is 6.27. The smallest absolute Gasteiger partial charge is 0.157 e. The fraction of sp³-hybridized carbons (Fsp3) is 0.812. The van der Waals surface area contributed by atoms with Gasteiger partial charge in [-0.05, 0) is 25.8 Å². The molecule has 3 rings (SSSR count). The van der Waals surface area contributed by atoms with E-state index in [2.05, 4.69) is 24.3 Å². The molecule has 2 aliphatic carbocycles. The molecule has 2 aliphatic rings. The van der Waals surface area contributed by atoms with Gasteiger partial charge >= 0.3 is 0 Å². The van der Waals surface area contributed by atoms with E-state index in [1.54, 1.807) is 0 Å². The zero-order valence-corrected chi connectivity index (χ0v) is 12.8. The molecule has 1 heterocycles. The summed E-state index contributed by atoms with van der Waals surface area (Å²) in [6, 6.07) is 0.658. The summed E-state index contributed by atoms with van der Waals surface area (Å²) in [6.07, 6.45) is 11.9. The van der Waals surface area contributed by atoms with E-state index < -0.39 is 0 Å². The van der Waals surface area contributed by atoms with E-state index >= 15 is 0 Å². The zero-order valence-electron chi connectivity index (χ0n) is 12.8. The van der Waals surface area contributed by atoms with Crippen molar-refractivity contribution < 1.29 is 4.74 Å². The lowest BCUT2D eigenvalue weighted by molar-refractivity contribution is -0.0755. The molecule has 2 fully saturated rings. The molecule has 4 nitrogen and oxygen atoms in total. The zero-order chi connectivity index (χ0) is 14.0. The summed E-state index contributed by atoms with van der Waals surface area (Å²) in [6.45, 7) is 6.40. The normalized spacial score (nSPS) is 27.7. The van der Waals surface area contributed by atoms with Crippen LogP contribution in [0.3, 0.4) is 0 Å². The number of aromatic nitrogens is 2. The molecule has 0 amide bonds. The Morgan fingerprint density at radius 1 is 1.40 bits per heavy atom. The van der Waals surface area contributed by atoms with Crippen LogP contribution in [0.5, 0.6) is 5.75 Å². The summed E-state index contributed by atoms with van der Waals surface area (Å²) < 4.78 is 8.25. The molecule has 4 heteroatoms. The van der Waals surface area contributed by atoms with Gasteiger partial charge in [-0.1, -0.05) is 26.7 Å². The Morgan fingerprint density at radius 3 is 2.90 bits per heavy atom. The third kappa shape index (κ3) is 2.34. The van der Waals surface area contributed by atoms with Crippen LogP contribution < -0.4 is 10.1 Å². The first-order valence-corrected chi connectivity index (χ1v) is 8.21. The van der Waals surface area contributed by atoms with Gasteiger partial charge in [0.2, 0.25) is 0 Å². The van der Waals surface area contributed by atoms with Gasteiger partial charge in [-0.3, -0.25) is 4.68 Å². The van der Waals surface area contributed by atoms with Crippen LogP contribution in [0.1, 0.15) is 52.4 Å². The lowest BCUT2D eigenvalue weighted by Crippen LogP contribution is -2.63. The molecular weight excluding hydrogens is 250 g/mol. The fourth-order valence-corrected chi connectivity index (χ4v) is 4.07. The Balaban J connectivity index is 1.65. The highest BCUT2D eigenvalue weighted by molar-refractivity contribution is 5.17. The maximum absolute atomic E-state index is 6.27. The van der Waals surface area contributed by atoms with E-state index in [0.29, 0.717) is 17.6 Å². The van der Waals surface area contributed by atoms with Gasteiger partial charge in [0.05, 0.1) is 12.4 Å². The topological polar surface area (TPSA) is 39.1 Å². The Labute approximate surface area is 121 Å². The molecule has 0 bridgehead atoms. The summed E-state index contributed by atoms with van der Waals surface area (Å²) >= 11 is 0. The maximum Gasteiger partial charge on any atom is 0.157 e. The summed E-state index contributed by atoms with van der Waals surface area (Å²) in [7, 11) is 0. The van der Waals surface area contributed by atoms with Crippen LogP contribution in [0.15, 0.2) is 12.4 Å². The SMILES string of the molecule is CCCn1cc(OC2CC(NCC)C23CCCC3)cn1. The van der Waals surface area contributed by atoms with Crippen LogP contribution in [0, 0.1) is 5.41 Å². The predicted octanol–water partition coefficient (Wildman–Crippen LogP) is 2.98. The van der Waals surface area contributed by atoms with Crippen molar-refractivity contribution in [1.29, 1.82) is 0 Å². The number of hydrogen-bond donors (Lipinski definition) is 1. The predicted molar refractivity (Wildman–Crippen MR) is 79.9 cm³/mol. The molecule has 0 aromatic carbocycles. The summed E-state index contributed by atoms with van der Waals surface area (Å²) in [5.74, 6) is 0.949. The molecule has 2 atom stereocenters. The minimum Gasteiger partial charge on any atom is -0.486 e. The number of nitrogens with one attached hydrogen (secondary N) is 1. The molecule has 20 heavy (non-hydrogen) atoms. The van der Waals surface area contributed by atoms with Crippen LogP contribution in [0.2, 0.25) is 0 Å². The van der Waals surface area contributed by atoms with Gasteiger partial charge < -0.3 is 10.1 Å². The van der Waals surface area contributed by atoms with Crippen LogP contribution in [0.25, 0.3) is 0 Å². The van der Waals surface area contributed by atoms with E-state index in [1.165, 1.54) is 25.7 Å². The standard InChI is InChI=1S/C16H27N3O/c1-3-9-19-12-13(11-18-19)20-15-10-14(17-4-2)16(15)7-5-6-8-16/h11-12,14-15,17H,3-10H2,1-2H3. The molecule has 1 N–H and O–H groups in total. The van der Waals surface area contributed by atoms with Gasteiger partial charge in [0, 0.05) is 24.4 Å². The van der Waals surface area contributed by atoms with Gasteiger partial charge in [0.1, 0.15) is 6.10 Å². The Morgan fingerprint density at radius 2 is 2.20 bits per heavy atom. The highest BCUT2D eigenvalue weighted by Crippen LogP contribution is 2.54. The molecule has 2 saturated carbocycles. The monoisotopic (exact) mass is 277 g/mol. The van der Waals surface area contributed by atoms with Crippen molar-refractivity contribution in [3.63, 3.8) is 0 Å². The Hall–Kier alpha value is -1.03. The molecule has 1 spiro atoms. The highest BCUT2D eigenvalue weighted by Gasteiger charge is 2.57. The first-order valence-electron chi connectivity index (χ1n) is 8.21. The number of ether oxygens (including phenoxy) is 1. The molecule has 2 unspecified atom stereocenters. The molecule has 0 aliphatic heterocycles. The van der Waals surface area contributed by atoms with Gasteiger partial charge in [-0.25, -0.2) is 0 Å². The van der Waals surface area contributed by atoms with Crippen LogP contribution in [-0.4, -0.2) is 28.5 Å². The third-order valence-corrected chi connectivity index (χ3v) is 5.11. The molecule has 0 saturated heterocycles. The van der Waals surface area contributed by atoms with E-state index in [-0.39, 0.29) is 0 Å². The van der Waals surface area contributed by atoms with Crippen molar-refractivity contribution in [3.8, 4) is 5.75 Å². The quantitative estimate of drug-likeness (QED) is 0.869. The second-order valence-corrected chi connectivity index (χ2v) is 6.33. The van der Waals surface area contributed by atoms with E-state index in [0.717, 1.165) is 31.7 Å². The summed E-state index contributed by atoms with van der Waals surface area (Å²) in [5.41, 5.74) is 0.392. The first-order chi connectivity index (χ1) is 9.78. The average molecular weight is 277 g/mol. The second-order valence-electron chi connectivity index (χ2n) is 6.33. The number of aryl methyl sites for hydroxylation is 1. The minimum atomic E-state index is 0.383. The van der Waals surface area contributed by atoms with Crippen LogP contribution in [-0.2, 0) is 6.54 Å². The lowest BCUT2D eigenvalue weighted by atomic mass is 9.60. The highest BCUT2D eigenvalue weighted by atomic mass is 16.5. The summed E-state index contributed by atoms with van der Waals surface area (Å²) in [5, 5.41) is 8.02. The number of rotatable bonds is 6. The van der Waals surface area contributed by atoms with E-state index in [4.69, 9.17) is 4.74 Å². The van der Waals surface area contributed by atoms with Gasteiger partial charge in [0.25, 0.3) is 0 Å². The van der Waals surface area contributed by atoms with Gasteiger partial charge in [-0.2, -0.15) is 5.10 Å². The van der Waals surface area contributed by atoms with Gasteiger partial charge in [-0.15, -0.1) is 0 Å². The number of nitrogens with zero attached hydrogens (tertiary/aromatic N) is 2. The van der Waals surface area contributed by atoms with Crippen molar-refractivity contribution in [2.24, 2.45) is 5.41 Å². The molecule has 0 radical (unpaired) electrons. The molecule has 112 valence electrons. The van der Waals surface area contributed by atoms with Crippen molar-refractivity contribution in [3.05, 3.63) is 12.4 Å². The third-order valence-electron chi connectivity index (χ3n) is 5.11. The van der Waals surface area contributed by atoms with Crippen LogP contribution >= 0.6 is 0 Å². The molecular formula is C16H27N3O. The second kappa shape index (κ2) is 5.76.